The number of nitrogens with zero attached hydrogens (tertiary/aromatic N) is 5. The van der Waals surface area contributed by atoms with E-state index in [0.717, 1.165) is 46.8 Å². The van der Waals surface area contributed by atoms with E-state index in [-0.39, 0.29) is 11.5 Å². The number of H-pyrrole nitrogens is 1. The van der Waals surface area contributed by atoms with Gasteiger partial charge in [0.05, 0.1) is 22.7 Å². The van der Waals surface area contributed by atoms with Crippen molar-refractivity contribution in [3.8, 4) is 5.69 Å². The van der Waals surface area contributed by atoms with Gasteiger partial charge >= 0.3 is 0 Å². The van der Waals surface area contributed by atoms with Crippen molar-refractivity contribution in [2.24, 2.45) is 0 Å². The van der Waals surface area contributed by atoms with Crippen LogP contribution in [0.15, 0.2) is 47.5 Å². The molecule has 0 bridgehead atoms. The number of hydrogen-bond acceptors (Lipinski definition) is 5. The van der Waals surface area contributed by atoms with E-state index in [9.17, 15) is 4.79 Å². The number of aromatic nitrogens is 6. The predicted octanol–water partition coefficient (Wildman–Crippen LogP) is 3.24. The minimum absolute atomic E-state index is 0.144. The standard InChI is InChI=1S/C21H20N6O/c1-12-11-22-10-9-17(12)27-20(23-19(26-27)14-7-8-14)13(2)18-15-5-3-4-6-16(15)21(28)25-24-18/h3-6,9-11,13-14H,7-8H2,1-2H3,(H,25,28). The van der Waals surface area contributed by atoms with Gasteiger partial charge in [0.25, 0.3) is 5.56 Å². The van der Waals surface area contributed by atoms with Gasteiger partial charge in [-0.1, -0.05) is 18.2 Å². The van der Waals surface area contributed by atoms with Crippen LogP contribution in [0.5, 0.6) is 0 Å². The number of nitrogens with one attached hydrogen (secondary N) is 1. The lowest BCUT2D eigenvalue weighted by Gasteiger charge is -2.15. The van der Waals surface area contributed by atoms with Crippen LogP contribution in [0.1, 0.15) is 54.5 Å². The summed E-state index contributed by atoms with van der Waals surface area (Å²) in [6.07, 6.45) is 5.86. The molecule has 0 aliphatic heterocycles. The van der Waals surface area contributed by atoms with Crippen molar-refractivity contribution < 1.29 is 0 Å². The smallest absolute Gasteiger partial charge is 0.267 e. The summed E-state index contributed by atoms with van der Waals surface area (Å²) >= 11 is 0. The maximum Gasteiger partial charge on any atom is 0.272 e. The Balaban J connectivity index is 1.70. The number of pyridine rings is 1. The molecule has 1 aliphatic rings. The van der Waals surface area contributed by atoms with E-state index in [4.69, 9.17) is 10.1 Å². The highest BCUT2D eigenvalue weighted by Crippen LogP contribution is 2.39. The average molecular weight is 372 g/mol. The van der Waals surface area contributed by atoms with Crippen LogP contribution < -0.4 is 5.56 Å². The first kappa shape index (κ1) is 16.8. The highest BCUT2D eigenvalue weighted by atomic mass is 16.1. The van der Waals surface area contributed by atoms with Gasteiger partial charge in [0, 0.05) is 23.7 Å². The molecule has 3 heterocycles. The number of rotatable bonds is 4. The van der Waals surface area contributed by atoms with E-state index in [1.165, 1.54) is 0 Å². The molecule has 1 saturated carbocycles. The number of benzene rings is 1. The van der Waals surface area contributed by atoms with Crippen LogP contribution >= 0.6 is 0 Å². The fourth-order valence-corrected chi connectivity index (χ4v) is 3.60. The Hall–Kier alpha value is -3.35. The van der Waals surface area contributed by atoms with E-state index in [2.05, 4.69) is 22.1 Å². The quantitative estimate of drug-likeness (QED) is 0.594. The van der Waals surface area contributed by atoms with E-state index < -0.39 is 0 Å². The molecule has 1 unspecified atom stereocenters. The van der Waals surface area contributed by atoms with Gasteiger partial charge < -0.3 is 0 Å². The van der Waals surface area contributed by atoms with Crippen LogP contribution in [-0.4, -0.2) is 29.9 Å². The first-order valence-electron chi connectivity index (χ1n) is 9.48. The molecule has 1 fully saturated rings. The fraction of sp³-hybridized carbons (Fsp3) is 0.286. The molecule has 0 radical (unpaired) electrons. The van der Waals surface area contributed by atoms with Crippen LogP contribution in [-0.2, 0) is 0 Å². The van der Waals surface area contributed by atoms with Gasteiger partial charge in [-0.15, -0.1) is 0 Å². The van der Waals surface area contributed by atoms with Crippen LogP contribution in [0.4, 0.5) is 0 Å². The summed E-state index contributed by atoms with van der Waals surface area (Å²) in [5, 5.41) is 13.3. The average Bonchev–Trinajstić information content (AvgIpc) is 3.47. The Kier molecular flexibility index (Phi) is 3.82. The second-order valence-corrected chi connectivity index (χ2v) is 7.38. The van der Waals surface area contributed by atoms with Gasteiger partial charge in [0.1, 0.15) is 5.82 Å². The summed E-state index contributed by atoms with van der Waals surface area (Å²) in [6.45, 7) is 4.07. The molecule has 140 valence electrons. The third-order valence-corrected chi connectivity index (χ3v) is 5.33. The van der Waals surface area contributed by atoms with Gasteiger partial charge in [0.15, 0.2) is 5.82 Å². The molecular weight excluding hydrogens is 352 g/mol. The maximum atomic E-state index is 12.2. The van der Waals surface area contributed by atoms with Crippen LogP contribution in [0.3, 0.4) is 0 Å². The molecule has 28 heavy (non-hydrogen) atoms. The first-order valence-corrected chi connectivity index (χ1v) is 9.48. The van der Waals surface area contributed by atoms with Crippen LogP contribution in [0.2, 0.25) is 0 Å². The summed E-state index contributed by atoms with van der Waals surface area (Å²) in [6, 6.07) is 9.49. The van der Waals surface area contributed by atoms with Crippen molar-refractivity contribution >= 4 is 10.8 Å². The van der Waals surface area contributed by atoms with Crippen molar-refractivity contribution in [2.45, 2.75) is 38.5 Å². The molecule has 5 rings (SSSR count). The van der Waals surface area contributed by atoms with Crippen molar-refractivity contribution in [2.75, 3.05) is 0 Å². The Morgan fingerprint density at radius 3 is 2.71 bits per heavy atom. The van der Waals surface area contributed by atoms with Crippen molar-refractivity contribution in [3.05, 3.63) is 76.0 Å². The zero-order chi connectivity index (χ0) is 19.3. The number of aromatic amines is 1. The molecule has 0 saturated heterocycles. The Morgan fingerprint density at radius 1 is 1.18 bits per heavy atom. The molecule has 7 nitrogen and oxygen atoms in total. The predicted molar refractivity (Wildman–Crippen MR) is 106 cm³/mol. The van der Waals surface area contributed by atoms with Crippen LogP contribution in [0.25, 0.3) is 16.5 Å². The topological polar surface area (TPSA) is 89.3 Å². The van der Waals surface area contributed by atoms with Gasteiger partial charge in [-0.05, 0) is 44.4 Å². The lowest BCUT2D eigenvalue weighted by molar-refractivity contribution is 0.712. The molecule has 7 heteroatoms. The molecule has 1 atom stereocenters. The molecular formula is C21H20N6O. The molecule has 1 aliphatic carbocycles. The monoisotopic (exact) mass is 372 g/mol. The van der Waals surface area contributed by atoms with E-state index in [1.807, 2.05) is 48.1 Å². The van der Waals surface area contributed by atoms with Crippen LogP contribution in [0, 0.1) is 6.92 Å². The largest absolute Gasteiger partial charge is 0.272 e. The van der Waals surface area contributed by atoms with Crippen molar-refractivity contribution in [1.29, 1.82) is 0 Å². The molecule has 1 N–H and O–H groups in total. The second-order valence-electron chi connectivity index (χ2n) is 7.38. The van der Waals surface area contributed by atoms with Crippen molar-refractivity contribution in [1.82, 2.24) is 29.9 Å². The van der Waals surface area contributed by atoms with Crippen molar-refractivity contribution in [3.63, 3.8) is 0 Å². The normalized spacial score (nSPS) is 15.1. The summed E-state index contributed by atoms with van der Waals surface area (Å²) in [4.78, 5) is 21.3. The maximum absolute atomic E-state index is 12.2. The first-order chi connectivity index (χ1) is 13.6. The molecule has 0 amide bonds. The Labute approximate surface area is 161 Å². The van der Waals surface area contributed by atoms with Gasteiger partial charge in [-0.3, -0.25) is 9.78 Å². The summed E-state index contributed by atoms with van der Waals surface area (Å²) in [5.74, 6) is 2.00. The highest BCUT2D eigenvalue weighted by molar-refractivity contribution is 5.84. The van der Waals surface area contributed by atoms with E-state index in [1.54, 1.807) is 6.20 Å². The van der Waals surface area contributed by atoms with E-state index in [0.29, 0.717) is 11.3 Å². The lowest BCUT2D eigenvalue weighted by Crippen LogP contribution is -2.15. The van der Waals surface area contributed by atoms with Gasteiger partial charge in [0.2, 0.25) is 0 Å². The Bertz CT molecular complexity index is 1240. The fourth-order valence-electron chi connectivity index (χ4n) is 3.60. The van der Waals surface area contributed by atoms with E-state index >= 15 is 0 Å². The number of aryl methyl sites for hydroxylation is 1. The zero-order valence-corrected chi connectivity index (χ0v) is 15.8. The number of fused-ring (bicyclic) bond motifs is 1. The Morgan fingerprint density at radius 2 is 1.96 bits per heavy atom. The molecule has 0 spiro atoms. The summed E-state index contributed by atoms with van der Waals surface area (Å²) < 4.78 is 1.91. The van der Waals surface area contributed by atoms with Gasteiger partial charge in [-0.25, -0.2) is 14.8 Å². The summed E-state index contributed by atoms with van der Waals surface area (Å²) in [5.41, 5.74) is 2.60. The lowest BCUT2D eigenvalue weighted by atomic mass is 10.0. The SMILES string of the molecule is Cc1cnccc1-n1nc(C2CC2)nc1C(C)c1n[nH]c(=O)c2ccccc12. The molecule has 4 aromatic rings. The third-order valence-electron chi connectivity index (χ3n) is 5.33. The molecule has 3 aromatic heterocycles. The number of hydrogen-bond donors (Lipinski definition) is 1. The summed E-state index contributed by atoms with van der Waals surface area (Å²) in [7, 11) is 0. The minimum Gasteiger partial charge on any atom is -0.267 e. The van der Waals surface area contributed by atoms with Gasteiger partial charge in [-0.2, -0.15) is 10.2 Å². The zero-order valence-electron chi connectivity index (χ0n) is 15.8. The highest BCUT2D eigenvalue weighted by Gasteiger charge is 2.31. The third kappa shape index (κ3) is 2.70. The molecule has 1 aromatic carbocycles. The minimum atomic E-state index is -0.184. The second kappa shape index (κ2) is 6.37.